The van der Waals surface area contributed by atoms with Gasteiger partial charge in [0.2, 0.25) is 0 Å². The number of hydrogen-bond acceptors (Lipinski definition) is 2. The Morgan fingerprint density at radius 2 is 1.80 bits per heavy atom. The summed E-state index contributed by atoms with van der Waals surface area (Å²) in [4.78, 5) is 0. The summed E-state index contributed by atoms with van der Waals surface area (Å²) >= 11 is -0.932. The molecule has 1 rings (SSSR count). The van der Waals surface area contributed by atoms with Crippen molar-refractivity contribution in [2.24, 2.45) is 11.8 Å². The van der Waals surface area contributed by atoms with Crippen LogP contribution in [0.25, 0.3) is 0 Å². The van der Waals surface area contributed by atoms with E-state index in [-0.39, 0.29) is 4.75 Å². The van der Waals surface area contributed by atoms with Crippen LogP contribution >= 0.6 is 0 Å². The summed E-state index contributed by atoms with van der Waals surface area (Å²) in [5.74, 6) is 1.49. The second kappa shape index (κ2) is 5.07. The Morgan fingerprint density at radius 1 is 1.27 bits per heavy atom. The molecule has 3 atom stereocenters. The van der Waals surface area contributed by atoms with E-state index in [4.69, 9.17) is 0 Å². The van der Waals surface area contributed by atoms with Gasteiger partial charge in [0, 0.05) is 11.4 Å². The zero-order valence-corrected chi connectivity index (χ0v) is 11.5. The van der Waals surface area contributed by atoms with Crippen molar-refractivity contribution in [1.29, 1.82) is 0 Å². The molecule has 2 nitrogen and oxygen atoms in total. The highest BCUT2D eigenvalue weighted by molar-refractivity contribution is 7.90. The minimum absolute atomic E-state index is 0.159. The molecule has 1 aliphatic carbocycles. The van der Waals surface area contributed by atoms with Crippen LogP contribution in [0.4, 0.5) is 0 Å². The minimum Gasteiger partial charge on any atom is -0.598 e. The highest BCUT2D eigenvalue weighted by atomic mass is 32.2. The first-order valence-corrected chi connectivity index (χ1v) is 7.15. The topological polar surface area (TPSA) is 35.1 Å². The Morgan fingerprint density at radius 3 is 2.13 bits per heavy atom. The van der Waals surface area contributed by atoms with Crippen molar-refractivity contribution >= 4 is 11.4 Å². The van der Waals surface area contributed by atoms with E-state index >= 15 is 0 Å². The maximum absolute atomic E-state index is 11.9. The molecule has 1 saturated carbocycles. The van der Waals surface area contributed by atoms with E-state index in [0.717, 1.165) is 5.92 Å². The molecule has 0 heterocycles. The third-order valence-corrected chi connectivity index (χ3v) is 5.23. The van der Waals surface area contributed by atoms with Gasteiger partial charge in [0.15, 0.2) is 0 Å². The van der Waals surface area contributed by atoms with Gasteiger partial charge in [0.05, 0.1) is 6.04 Å². The van der Waals surface area contributed by atoms with E-state index in [1.165, 1.54) is 19.3 Å². The summed E-state index contributed by atoms with van der Waals surface area (Å²) in [6, 6.07) is 0.357. The van der Waals surface area contributed by atoms with Gasteiger partial charge >= 0.3 is 0 Å². The second-order valence-corrected chi connectivity index (χ2v) is 7.84. The maximum atomic E-state index is 11.9. The van der Waals surface area contributed by atoms with Crippen LogP contribution in [0, 0.1) is 11.8 Å². The van der Waals surface area contributed by atoms with Gasteiger partial charge in [-0.2, -0.15) is 0 Å². The first kappa shape index (κ1) is 13.3. The Balaban J connectivity index is 2.36. The standard InChI is InChI=1S/C12H25NOS/c1-9(11-7-6-8-11)10(2)13-15(14)12(3,4)5/h9-11,13H,6-8H2,1-5H3/t9?,10-,15?/m0/s1. The first-order valence-electron chi connectivity index (χ1n) is 6.00. The van der Waals surface area contributed by atoms with Crippen molar-refractivity contribution in [3.05, 3.63) is 0 Å². The molecule has 0 aromatic heterocycles. The van der Waals surface area contributed by atoms with Crippen molar-refractivity contribution in [1.82, 2.24) is 4.72 Å². The molecule has 1 aliphatic rings. The van der Waals surface area contributed by atoms with Crippen molar-refractivity contribution in [3.8, 4) is 0 Å². The molecule has 15 heavy (non-hydrogen) atoms. The third-order valence-electron chi connectivity index (χ3n) is 3.53. The van der Waals surface area contributed by atoms with E-state index in [9.17, 15) is 4.55 Å². The SMILES string of the molecule is CC(C1CCC1)[C@H](C)N[S+]([O-])C(C)(C)C. The van der Waals surface area contributed by atoms with Crippen LogP contribution in [0.15, 0.2) is 0 Å². The van der Waals surface area contributed by atoms with Gasteiger partial charge in [-0.05, 0) is 39.5 Å². The van der Waals surface area contributed by atoms with E-state index in [2.05, 4.69) is 18.6 Å². The third kappa shape index (κ3) is 3.65. The lowest BCUT2D eigenvalue weighted by Gasteiger charge is -2.36. The summed E-state index contributed by atoms with van der Waals surface area (Å²) in [6.07, 6.45) is 4.09. The van der Waals surface area contributed by atoms with Crippen molar-refractivity contribution in [3.63, 3.8) is 0 Å². The molecule has 90 valence electrons. The van der Waals surface area contributed by atoms with E-state index in [1.54, 1.807) is 0 Å². The van der Waals surface area contributed by atoms with Gasteiger partial charge in [0.1, 0.15) is 4.75 Å². The first-order chi connectivity index (χ1) is 6.82. The van der Waals surface area contributed by atoms with Gasteiger partial charge in [-0.15, -0.1) is 4.72 Å². The fraction of sp³-hybridized carbons (Fsp3) is 1.00. The molecule has 0 aromatic rings. The second-order valence-electron chi connectivity index (χ2n) is 5.84. The van der Waals surface area contributed by atoms with Gasteiger partial charge in [-0.1, -0.05) is 26.2 Å². The highest BCUT2D eigenvalue weighted by Crippen LogP contribution is 2.35. The zero-order valence-electron chi connectivity index (χ0n) is 10.7. The lowest BCUT2D eigenvalue weighted by atomic mass is 9.74. The van der Waals surface area contributed by atoms with E-state index in [1.807, 2.05) is 20.8 Å². The molecular formula is C12H25NOS. The summed E-state index contributed by atoms with van der Waals surface area (Å²) in [5, 5.41) is 0. The molecule has 1 N–H and O–H groups in total. The van der Waals surface area contributed by atoms with Crippen LogP contribution in [0.1, 0.15) is 53.9 Å². The van der Waals surface area contributed by atoms with Crippen LogP contribution in [-0.4, -0.2) is 15.3 Å². The molecule has 1 fully saturated rings. The Labute approximate surface area is 97.5 Å². The quantitative estimate of drug-likeness (QED) is 0.755. The lowest BCUT2D eigenvalue weighted by molar-refractivity contribution is 0.192. The normalized spacial score (nSPS) is 24.4. The monoisotopic (exact) mass is 231 g/mol. The summed E-state index contributed by atoms with van der Waals surface area (Å²) < 4.78 is 15.0. The average molecular weight is 231 g/mol. The molecule has 0 aliphatic heterocycles. The summed E-state index contributed by atoms with van der Waals surface area (Å²) in [6.45, 7) is 10.5. The lowest BCUT2D eigenvalue weighted by Crippen LogP contribution is -2.47. The highest BCUT2D eigenvalue weighted by Gasteiger charge is 2.33. The molecule has 0 bridgehead atoms. The summed E-state index contributed by atoms with van der Waals surface area (Å²) in [7, 11) is 0. The van der Waals surface area contributed by atoms with Crippen LogP contribution in [0.3, 0.4) is 0 Å². The van der Waals surface area contributed by atoms with Crippen LogP contribution in [0.5, 0.6) is 0 Å². The molecule has 0 amide bonds. The smallest absolute Gasteiger partial charge is 0.136 e. The van der Waals surface area contributed by atoms with E-state index < -0.39 is 11.4 Å². The summed E-state index contributed by atoms with van der Waals surface area (Å²) in [5.41, 5.74) is 0. The van der Waals surface area contributed by atoms with Gasteiger partial charge in [0.25, 0.3) is 0 Å². The number of hydrogen-bond donors (Lipinski definition) is 1. The Kier molecular flexibility index (Phi) is 4.50. The fourth-order valence-corrected chi connectivity index (χ4v) is 2.73. The van der Waals surface area contributed by atoms with Crippen molar-refractivity contribution in [2.45, 2.75) is 64.7 Å². The molecule has 2 unspecified atom stereocenters. The zero-order chi connectivity index (χ0) is 11.6. The molecule has 0 spiro atoms. The molecule has 3 heteroatoms. The van der Waals surface area contributed by atoms with Gasteiger partial charge in [-0.3, -0.25) is 0 Å². The molecular weight excluding hydrogens is 206 g/mol. The molecule has 0 radical (unpaired) electrons. The fourth-order valence-electron chi connectivity index (χ4n) is 1.83. The number of nitrogens with one attached hydrogen (secondary N) is 1. The number of rotatable bonds is 4. The van der Waals surface area contributed by atoms with Crippen LogP contribution in [-0.2, 0) is 11.4 Å². The van der Waals surface area contributed by atoms with Crippen molar-refractivity contribution in [2.75, 3.05) is 0 Å². The average Bonchev–Trinajstić information content (AvgIpc) is 1.98. The Hall–Kier alpha value is 0.270. The minimum atomic E-state index is -0.932. The largest absolute Gasteiger partial charge is 0.598 e. The Bertz CT molecular complexity index is 198. The van der Waals surface area contributed by atoms with Crippen molar-refractivity contribution < 1.29 is 4.55 Å². The maximum Gasteiger partial charge on any atom is 0.136 e. The van der Waals surface area contributed by atoms with Crippen LogP contribution in [0.2, 0.25) is 0 Å². The molecule has 0 aromatic carbocycles. The predicted octanol–water partition coefficient (Wildman–Crippen LogP) is 2.86. The predicted molar refractivity (Wildman–Crippen MR) is 67.0 cm³/mol. The molecule has 0 saturated heterocycles. The van der Waals surface area contributed by atoms with E-state index in [0.29, 0.717) is 12.0 Å². The van der Waals surface area contributed by atoms with Gasteiger partial charge in [-0.25, -0.2) is 0 Å². The van der Waals surface area contributed by atoms with Gasteiger partial charge < -0.3 is 4.55 Å². The van der Waals surface area contributed by atoms with Crippen LogP contribution < -0.4 is 4.72 Å².